The van der Waals surface area contributed by atoms with Crippen LogP contribution >= 0.6 is 0 Å². The summed E-state index contributed by atoms with van der Waals surface area (Å²) < 4.78 is 15.6. The number of hydrogen-bond donors (Lipinski definition) is 0. The Labute approximate surface area is 92.0 Å². The molecule has 78 valence electrons. The van der Waals surface area contributed by atoms with Gasteiger partial charge in [-0.3, -0.25) is 0 Å². The van der Waals surface area contributed by atoms with Gasteiger partial charge >= 0.3 is 0 Å². The zero-order valence-corrected chi connectivity index (χ0v) is 8.47. The lowest BCUT2D eigenvalue weighted by Gasteiger charge is -2.05. The number of nitrogens with zero attached hydrogens (tertiary/aromatic N) is 2. The molecule has 0 aliphatic heterocycles. The van der Waals surface area contributed by atoms with E-state index in [1.54, 1.807) is 24.7 Å². The molecule has 2 aromatic heterocycles. The van der Waals surface area contributed by atoms with E-state index in [1.165, 1.54) is 6.07 Å². The van der Waals surface area contributed by atoms with E-state index in [4.69, 9.17) is 0 Å². The van der Waals surface area contributed by atoms with Crippen LogP contribution in [-0.2, 0) is 0 Å². The Hall–Kier alpha value is -2.16. The standard InChI is InChI=1S/C13H9FN2/c14-12-6-2-1-4-10(12)11-5-3-7-16-9-15-8-13(11)16/h1-9H. The van der Waals surface area contributed by atoms with Gasteiger partial charge in [-0.25, -0.2) is 9.37 Å². The molecule has 0 unspecified atom stereocenters. The minimum Gasteiger partial charge on any atom is -0.306 e. The van der Waals surface area contributed by atoms with Crippen molar-refractivity contribution >= 4 is 5.52 Å². The molecule has 2 heterocycles. The van der Waals surface area contributed by atoms with E-state index < -0.39 is 0 Å². The summed E-state index contributed by atoms with van der Waals surface area (Å²) in [6, 6.07) is 10.5. The maximum Gasteiger partial charge on any atom is 0.131 e. The number of aromatic nitrogens is 2. The van der Waals surface area contributed by atoms with E-state index in [1.807, 2.05) is 28.8 Å². The monoisotopic (exact) mass is 212 g/mol. The maximum absolute atomic E-state index is 13.7. The summed E-state index contributed by atoms with van der Waals surface area (Å²) in [4.78, 5) is 4.06. The Morgan fingerprint density at radius 2 is 1.81 bits per heavy atom. The second-order valence-electron chi connectivity index (χ2n) is 3.59. The average Bonchev–Trinajstić information content (AvgIpc) is 2.77. The first-order chi connectivity index (χ1) is 7.86. The zero-order valence-electron chi connectivity index (χ0n) is 8.47. The van der Waals surface area contributed by atoms with Gasteiger partial charge in [0.05, 0.1) is 18.0 Å². The summed E-state index contributed by atoms with van der Waals surface area (Å²) in [6.45, 7) is 0. The number of imidazole rings is 1. The van der Waals surface area contributed by atoms with Gasteiger partial charge in [0.2, 0.25) is 0 Å². The lowest BCUT2D eigenvalue weighted by atomic mass is 10.1. The first-order valence-corrected chi connectivity index (χ1v) is 5.02. The van der Waals surface area contributed by atoms with Gasteiger partial charge in [-0.1, -0.05) is 24.3 Å². The Balaban J connectivity index is 2.34. The molecule has 0 spiro atoms. The van der Waals surface area contributed by atoms with E-state index in [2.05, 4.69) is 4.98 Å². The fraction of sp³-hybridized carbons (Fsp3) is 0. The van der Waals surface area contributed by atoms with Gasteiger partial charge < -0.3 is 4.40 Å². The van der Waals surface area contributed by atoms with Crippen LogP contribution in [0.2, 0.25) is 0 Å². The van der Waals surface area contributed by atoms with Gasteiger partial charge in [0.15, 0.2) is 0 Å². The second-order valence-corrected chi connectivity index (χ2v) is 3.59. The molecule has 16 heavy (non-hydrogen) atoms. The van der Waals surface area contributed by atoms with Crippen LogP contribution in [-0.4, -0.2) is 9.38 Å². The van der Waals surface area contributed by atoms with E-state index >= 15 is 0 Å². The topological polar surface area (TPSA) is 17.3 Å². The Bertz CT molecular complexity index is 643. The van der Waals surface area contributed by atoms with Crippen molar-refractivity contribution in [1.82, 2.24) is 9.38 Å². The molecule has 0 bridgehead atoms. The van der Waals surface area contributed by atoms with Crippen LogP contribution in [0.4, 0.5) is 4.39 Å². The molecule has 1 aromatic carbocycles. The third kappa shape index (κ3) is 1.29. The maximum atomic E-state index is 13.7. The van der Waals surface area contributed by atoms with Crippen LogP contribution in [0.15, 0.2) is 55.1 Å². The van der Waals surface area contributed by atoms with Crippen LogP contribution in [0.5, 0.6) is 0 Å². The fourth-order valence-corrected chi connectivity index (χ4v) is 1.86. The number of halogens is 1. The number of pyridine rings is 1. The molecule has 0 aliphatic carbocycles. The zero-order chi connectivity index (χ0) is 11.0. The van der Waals surface area contributed by atoms with Crippen LogP contribution < -0.4 is 0 Å². The molecule has 3 heteroatoms. The molecule has 3 aromatic rings. The van der Waals surface area contributed by atoms with Gasteiger partial charge in [-0.05, 0) is 12.1 Å². The van der Waals surface area contributed by atoms with Crippen molar-refractivity contribution in [1.29, 1.82) is 0 Å². The molecule has 0 N–H and O–H groups in total. The predicted molar refractivity (Wildman–Crippen MR) is 60.6 cm³/mol. The van der Waals surface area contributed by atoms with Crippen molar-refractivity contribution in [3.05, 3.63) is 60.9 Å². The summed E-state index contributed by atoms with van der Waals surface area (Å²) in [6.07, 6.45) is 5.34. The van der Waals surface area contributed by atoms with Crippen molar-refractivity contribution in [3.63, 3.8) is 0 Å². The number of rotatable bonds is 1. The second kappa shape index (κ2) is 3.45. The van der Waals surface area contributed by atoms with Crippen molar-refractivity contribution in [2.24, 2.45) is 0 Å². The molecule has 0 saturated heterocycles. The molecule has 0 atom stereocenters. The first kappa shape index (κ1) is 9.09. The van der Waals surface area contributed by atoms with Gasteiger partial charge in [0, 0.05) is 17.3 Å². The smallest absolute Gasteiger partial charge is 0.131 e. The largest absolute Gasteiger partial charge is 0.306 e. The van der Waals surface area contributed by atoms with Crippen molar-refractivity contribution in [2.45, 2.75) is 0 Å². The summed E-state index contributed by atoms with van der Waals surface area (Å²) in [7, 11) is 0. The summed E-state index contributed by atoms with van der Waals surface area (Å²) in [5.74, 6) is -0.211. The van der Waals surface area contributed by atoms with Crippen LogP contribution in [0.25, 0.3) is 16.6 Å². The highest BCUT2D eigenvalue weighted by Crippen LogP contribution is 2.26. The molecule has 0 saturated carbocycles. The van der Waals surface area contributed by atoms with E-state index in [0.717, 1.165) is 11.1 Å². The van der Waals surface area contributed by atoms with Gasteiger partial charge in [-0.2, -0.15) is 0 Å². The Morgan fingerprint density at radius 1 is 1.00 bits per heavy atom. The van der Waals surface area contributed by atoms with Crippen molar-refractivity contribution in [3.8, 4) is 11.1 Å². The summed E-state index contributed by atoms with van der Waals surface area (Å²) >= 11 is 0. The van der Waals surface area contributed by atoms with Crippen LogP contribution in [0.1, 0.15) is 0 Å². The highest BCUT2D eigenvalue weighted by atomic mass is 19.1. The lowest BCUT2D eigenvalue weighted by molar-refractivity contribution is 0.631. The fourth-order valence-electron chi connectivity index (χ4n) is 1.86. The normalized spacial score (nSPS) is 10.8. The summed E-state index contributed by atoms with van der Waals surface area (Å²) in [5.41, 5.74) is 2.37. The molecule has 0 fully saturated rings. The number of hydrogen-bond acceptors (Lipinski definition) is 1. The minimum absolute atomic E-state index is 0.211. The Kier molecular flexibility index (Phi) is 1.96. The average molecular weight is 212 g/mol. The third-order valence-electron chi connectivity index (χ3n) is 2.62. The van der Waals surface area contributed by atoms with Crippen molar-refractivity contribution in [2.75, 3.05) is 0 Å². The molecule has 0 amide bonds. The van der Waals surface area contributed by atoms with E-state index in [-0.39, 0.29) is 5.82 Å². The molecule has 2 nitrogen and oxygen atoms in total. The van der Waals surface area contributed by atoms with Crippen LogP contribution in [0.3, 0.4) is 0 Å². The van der Waals surface area contributed by atoms with Gasteiger partial charge in [0.25, 0.3) is 0 Å². The number of fused-ring (bicyclic) bond motifs is 1. The van der Waals surface area contributed by atoms with Crippen molar-refractivity contribution < 1.29 is 4.39 Å². The molecule has 0 aliphatic rings. The SMILES string of the molecule is Fc1ccccc1-c1cccn2cncc12. The highest BCUT2D eigenvalue weighted by molar-refractivity contribution is 5.79. The van der Waals surface area contributed by atoms with E-state index in [9.17, 15) is 4.39 Å². The first-order valence-electron chi connectivity index (χ1n) is 5.02. The Morgan fingerprint density at radius 3 is 2.69 bits per heavy atom. The van der Waals surface area contributed by atoms with E-state index in [0.29, 0.717) is 5.56 Å². The number of benzene rings is 1. The minimum atomic E-state index is -0.211. The quantitative estimate of drug-likeness (QED) is 0.605. The summed E-state index contributed by atoms with van der Waals surface area (Å²) in [5, 5.41) is 0. The molecular formula is C13H9FN2. The molecule has 3 rings (SSSR count). The third-order valence-corrected chi connectivity index (χ3v) is 2.62. The predicted octanol–water partition coefficient (Wildman–Crippen LogP) is 3.14. The molecule has 0 radical (unpaired) electrons. The molecular weight excluding hydrogens is 203 g/mol. The van der Waals surface area contributed by atoms with Gasteiger partial charge in [0.1, 0.15) is 5.82 Å². The lowest BCUT2D eigenvalue weighted by Crippen LogP contribution is -1.88. The van der Waals surface area contributed by atoms with Crippen LogP contribution in [0, 0.1) is 5.82 Å². The van der Waals surface area contributed by atoms with Gasteiger partial charge in [-0.15, -0.1) is 0 Å². The highest BCUT2D eigenvalue weighted by Gasteiger charge is 2.07.